The molecule has 3 amide bonds. The third kappa shape index (κ3) is 3.54. The highest BCUT2D eigenvalue weighted by molar-refractivity contribution is 6.08. The van der Waals surface area contributed by atoms with Gasteiger partial charge < -0.3 is 10.1 Å². The number of hydrogen-bond acceptors (Lipinski definition) is 5. The van der Waals surface area contributed by atoms with Gasteiger partial charge in [-0.15, -0.1) is 0 Å². The molecule has 0 aromatic heterocycles. The maximum absolute atomic E-state index is 13.0. The first-order chi connectivity index (χ1) is 14.2. The molecule has 4 atom stereocenters. The number of para-hydroxylation sites is 1. The van der Waals surface area contributed by atoms with Crippen LogP contribution in [0.2, 0.25) is 0 Å². The largest absolute Gasteiger partial charge is 0.454 e. The molecule has 1 saturated heterocycles. The van der Waals surface area contributed by atoms with Gasteiger partial charge in [0.2, 0.25) is 11.8 Å². The Morgan fingerprint density at radius 3 is 2.27 bits per heavy atom. The summed E-state index contributed by atoms with van der Waals surface area (Å²) < 4.78 is 43.7. The Morgan fingerprint density at radius 2 is 1.67 bits per heavy atom. The molecule has 1 aliphatic heterocycles. The van der Waals surface area contributed by atoms with E-state index in [1.54, 1.807) is 0 Å². The second-order valence-electron chi connectivity index (χ2n) is 7.90. The summed E-state index contributed by atoms with van der Waals surface area (Å²) >= 11 is 0. The van der Waals surface area contributed by atoms with E-state index in [0.29, 0.717) is 0 Å². The average Bonchev–Trinajstić information content (AvgIpc) is 3.36. The van der Waals surface area contributed by atoms with Crippen LogP contribution in [-0.2, 0) is 30.1 Å². The van der Waals surface area contributed by atoms with Crippen molar-refractivity contribution in [3.63, 3.8) is 0 Å². The smallest absolute Gasteiger partial charge is 0.418 e. The average molecular weight is 424 g/mol. The minimum Gasteiger partial charge on any atom is -0.454 e. The summed E-state index contributed by atoms with van der Waals surface area (Å²) in [5.74, 6) is -3.07. The van der Waals surface area contributed by atoms with Gasteiger partial charge in [0.1, 0.15) is 6.54 Å². The molecular formula is C20H19F3N2O5. The first kappa shape index (κ1) is 20.4. The van der Waals surface area contributed by atoms with Gasteiger partial charge in [-0.3, -0.25) is 24.1 Å². The zero-order valence-corrected chi connectivity index (χ0v) is 15.8. The van der Waals surface area contributed by atoms with Crippen LogP contribution in [0.5, 0.6) is 0 Å². The summed E-state index contributed by atoms with van der Waals surface area (Å²) in [5.41, 5.74) is -1.49. The molecule has 0 radical (unpaired) electrons. The van der Waals surface area contributed by atoms with Gasteiger partial charge in [-0.05, 0) is 43.2 Å². The standard InChI is InChI=1S/C20H19F3N2O5/c21-20(22,23)12-3-1-2-4-13(12)24-14(26)9-30-15(27)8-25-18(28)16-10-5-6-11(7-10)17(16)19(25)29/h1-4,10-11,16-17H,5-9H2,(H,24,26)/t10-,11-,16+,17+/m0/s1. The van der Waals surface area contributed by atoms with Crippen LogP contribution in [0.4, 0.5) is 18.9 Å². The van der Waals surface area contributed by atoms with Crippen LogP contribution in [-0.4, -0.2) is 41.7 Å². The third-order valence-electron chi connectivity index (χ3n) is 6.18. The second kappa shape index (κ2) is 7.41. The van der Waals surface area contributed by atoms with Gasteiger partial charge in [0.25, 0.3) is 5.91 Å². The molecule has 1 heterocycles. The fraction of sp³-hybridized carbons (Fsp3) is 0.500. The molecule has 2 aliphatic carbocycles. The number of hydrogen-bond donors (Lipinski definition) is 1. The predicted molar refractivity (Wildman–Crippen MR) is 95.6 cm³/mol. The SMILES string of the molecule is O=C(COC(=O)CN1C(=O)[C@@H]2[C@H]3CC[C@@H](C3)[C@H]2C1=O)Nc1ccccc1C(F)(F)F. The Hall–Kier alpha value is -2.91. The van der Waals surface area contributed by atoms with Crippen molar-refractivity contribution in [1.82, 2.24) is 4.90 Å². The van der Waals surface area contributed by atoms with Crippen molar-refractivity contribution < 1.29 is 37.1 Å². The molecule has 3 fully saturated rings. The molecule has 1 aromatic rings. The number of halogens is 3. The molecule has 10 heteroatoms. The Kier molecular flexibility index (Phi) is 5.03. The van der Waals surface area contributed by atoms with Gasteiger partial charge in [0.15, 0.2) is 6.61 Å². The Balaban J connectivity index is 1.31. The van der Waals surface area contributed by atoms with E-state index in [4.69, 9.17) is 4.74 Å². The highest BCUT2D eigenvalue weighted by atomic mass is 19.4. The van der Waals surface area contributed by atoms with Crippen LogP contribution in [0.3, 0.4) is 0 Å². The summed E-state index contributed by atoms with van der Waals surface area (Å²) in [6.45, 7) is -1.43. The number of rotatable bonds is 5. The number of alkyl halides is 3. The third-order valence-corrected chi connectivity index (χ3v) is 6.18. The van der Waals surface area contributed by atoms with Gasteiger partial charge in [0, 0.05) is 0 Å². The number of carbonyl (C=O) groups is 4. The maximum Gasteiger partial charge on any atom is 0.418 e. The number of amides is 3. The lowest BCUT2D eigenvalue weighted by molar-refractivity contribution is -0.154. The molecule has 0 spiro atoms. The van der Waals surface area contributed by atoms with Crippen LogP contribution >= 0.6 is 0 Å². The molecule has 3 aliphatic rings. The Bertz CT molecular complexity index is 888. The quantitative estimate of drug-likeness (QED) is 0.578. The van der Waals surface area contributed by atoms with Crippen molar-refractivity contribution in [2.45, 2.75) is 25.4 Å². The van der Waals surface area contributed by atoms with Gasteiger partial charge >= 0.3 is 12.1 Å². The number of nitrogens with zero attached hydrogens (tertiary/aromatic N) is 1. The summed E-state index contributed by atoms with van der Waals surface area (Å²) in [7, 11) is 0. The number of imide groups is 1. The number of likely N-dealkylation sites (tertiary alicyclic amines) is 1. The first-order valence-corrected chi connectivity index (χ1v) is 9.63. The summed E-state index contributed by atoms with van der Waals surface area (Å²) in [5, 5.41) is 2.05. The monoisotopic (exact) mass is 424 g/mol. The topological polar surface area (TPSA) is 92.8 Å². The van der Waals surface area contributed by atoms with Gasteiger partial charge in [-0.25, -0.2) is 0 Å². The van der Waals surface area contributed by atoms with E-state index in [9.17, 15) is 32.3 Å². The van der Waals surface area contributed by atoms with Crippen LogP contribution in [0, 0.1) is 23.7 Å². The molecule has 1 N–H and O–H groups in total. The summed E-state index contributed by atoms with van der Waals surface area (Å²) in [4.78, 5) is 49.9. The number of carbonyl (C=O) groups excluding carboxylic acids is 4. The minimum absolute atomic E-state index is 0.178. The van der Waals surface area contributed by atoms with Crippen LogP contribution in [0.25, 0.3) is 0 Å². The van der Waals surface area contributed by atoms with Gasteiger partial charge in [-0.1, -0.05) is 12.1 Å². The van der Waals surface area contributed by atoms with Crippen molar-refractivity contribution in [2.24, 2.45) is 23.7 Å². The number of benzene rings is 1. The van der Waals surface area contributed by atoms with E-state index in [-0.39, 0.29) is 35.5 Å². The summed E-state index contributed by atoms with van der Waals surface area (Å²) in [6.07, 6.45) is -1.98. The number of ether oxygens (including phenoxy) is 1. The lowest BCUT2D eigenvalue weighted by Crippen LogP contribution is -2.38. The molecule has 7 nitrogen and oxygen atoms in total. The van der Waals surface area contributed by atoms with Crippen molar-refractivity contribution in [3.05, 3.63) is 29.8 Å². The second-order valence-corrected chi connectivity index (χ2v) is 7.90. The number of fused-ring (bicyclic) bond motifs is 5. The lowest BCUT2D eigenvalue weighted by Gasteiger charge is -2.19. The van der Waals surface area contributed by atoms with Crippen LogP contribution in [0.1, 0.15) is 24.8 Å². The lowest BCUT2D eigenvalue weighted by atomic mass is 9.81. The molecular weight excluding hydrogens is 405 g/mol. The normalized spacial score (nSPS) is 27.4. The Labute approximate surface area is 169 Å². The molecule has 4 rings (SSSR count). The molecule has 160 valence electrons. The van der Waals surface area contributed by atoms with Crippen LogP contribution in [0.15, 0.2) is 24.3 Å². The van der Waals surface area contributed by atoms with Crippen molar-refractivity contribution in [2.75, 3.05) is 18.5 Å². The van der Waals surface area contributed by atoms with E-state index in [1.165, 1.54) is 12.1 Å². The fourth-order valence-electron chi connectivity index (χ4n) is 4.97. The molecule has 0 unspecified atom stereocenters. The number of anilines is 1. The van der Waals surface area contributed by atoms with E-state index < -0.39 is 42.5 Å². The first-order valence-electron chi connectivity index (χ1n) is 9.63. The highest BCUT2D eigenvalue weighted by Gasteiger charge is 2.61. The van der Waals surface area contributed by atoms with Crippen LogP contribution < -0.4 is 5.32 Å². The van der Waals surface area contributed by atoms with E-state index in [0.717, 1.165) is 36.3 Å². The molecule has 1 aromatic carbocycles. The summed E-state index contributed by atoms with van der Waals surface area (Å²) in [6, 6.07) is 4.41. The predicted octanol–water partition coefficient (Wildman–Crippen LogP) is 2.22. The zero-order valence-electron chi connectivity index (χ0n) is 15.8. The van der Waals surface area contributed by atoms with E-state index in [2.05, 4.69) is 5.32 Å². The van der Waals surface area contributed by atoms with Crippen molar-refractivity contribution in [3.8, 4) is 0 Å². The number of nitrogens with one attached hydrogen (secondary N) is 1. The van der Waals surface area contributed by atoms with Crippen molar-refractivity contribution >= 4 is 29.4 Å². The van der Waals surface area contributed by atoms with Gasteiger partial charge in [0.05, 0.1) is 23.1 Å². The zero-order chi connectivity index (χ0) is 21.6. The molecule has 30 heavy (non-hydrogen) atoms. The molecule has 2 saturated carbocycles. The van der Waals surface area contributed by atoms with Crippen molar-refractivity contribution in [1.29, 1.82) is 0 Å². The highest BCUT2D eigenvalue weighted by Crippen LogP contribution is 2.56. The van der Waals surface area contributed by atoms with Gasteiger partial charge in [-0.2, -0.15) is 13.2 Å². The molecule has 2 bridgehead atoms. The van der Waals surface area contributed by atoms with E-state index in [1.807, 2.05) is 0 Å². The number of esters is 1. The van der Waals surface area contributed by atoms with E-state index >= 15 is 0 Å². The Morgan fingerprint density at radius 1 is 1.07 bits per heavy atom. The fourth-order valence-corrected chi connectivity index (χ4v) is 4.97. The minimum atomic E-state index is -4.66. The maximum atomic E-state index is 13.0.